The zero-order valence-electron chi connectivity index (χ0n) is 14.4. The molecule has 0 radical (unpaired) electrons. The highest BCUT2D eigenvalue weighted by molar-refractivity contribution is 7.89. The van der Waals surface area contributed by atoms with Gasteiger partial charge in [0.05, 0.1) is 18.2 Å². The molecule has 1 aliphatic heterocycles. The van der Waals surface area contributed by atoms with Gasteiger partial charge in [-0.3, -0.25) is 4.79 Å². The summed E-state index contributed by atoms with van der Waals surface area (Å²) in [5, 5.41) is 3.47. The van der Waals surface area contributed by atoms with E-state index in [-0.39, 0.29) is 24.1 Å². The normalized spacial score (nSPS) is 18.7. The van der Waals surface area contributed by atoms with E-state index in [1.807, 2.05) is 6.92 Å². The van der Waals surface area contributed by atoms with Crippen LogP contribution in [0.5, 0.6) is 5.75 Å². The minimum atomic E-state index is -3.25. The average molecular weight is 389 g/mol. The first-order valence-corrected chi connectivity index (χ1v) is 10.5. The van der Waals surface area contributed by atoms with Crippen LogP contribution in [0.15, 0.2) is 24.3 Å². The van der Waals surface area contributed by atoms with Gasteiger partial charge in [-0.2, -0.15) is 0 Å². The Kier molecular flexibility index (Phi) is 7.53. The first kappa shape index (κ1) is 20.0. The zero-order valence-corrected chi connectivity index (χ0v) is 16.0. The molecule has 2 rings (SSSR count). The molecule has 1 aromatic rings. The first-order chi connectivity index (χ1) is 11.9. The fourth-order valence-corrected chi connectivity index (χ4v) is 4.53. The van der Waals surface area contributed by atoms with Crippen molar-refractivity contribution in [1.82, 2.24) is 9.62 Å². The quantitative estimate of drug-likeness (QED) is 0.693. The molecule has 0 aliphatic carbocycles. The molecule has 0 saturated carbocycles. The maximum Gasteiger partial charge on any atom is 0.224 e. The van der Waals surface area contributed by atoms with Gasteiger partial charge >= 0.3 is 0 Å². The average Bonchev–Trinajstić information content (AvgIpc) is 2.60. The molecule has 0 aromatic heterocycles. The van der Waals surface area contributed by atoms with Crippen LogP contribution in [0.3, 0.4) is 0 Å². The Hall–Kier alpha value is -1.31. The Morgan fingerprint density at radius 1 is 1.36 bits per heavy atom. The second-order valence-electron chi connectivity index (χ2n) is 6.11. The summed E-state index contributed by atoms with van der Waals surface area (Å²) in [6, 6.07) is 7.01. The summed E-state index contributed by atoms with van der Waals surface area (Å²) in [4.78, 5) is 12.3. The second-order valence-corrected chi connectivity index (χ2v) is 8.63. The van der Waals surface area contributed by atoms with E-state index in [2.05, 4.69) is 5.32 Å². The summed E-state index contributed by atoms with van der Waals surface area (Å²) < 4.78 is 31.3. The smallest absolute Gasteiger partial charge is 0.224 e. The largest absolute Gasteiger partial charge is 0.492 e. The van der Waals surface area contributed by atoms with Gasteiger partial charge in [-0.15, -0.1) is 0 Å². The highest BCUT2D eigenvalue weighted by Gasteiger charge is 2.31. The lowest BCUT2D eigenvalue weighted by atomic mass is 9.99. The highest BCUT2D eigenvalue weighted by Crippen LogP contribution is 2.20. The van der Waals surface area contributed by atoms with Crippen LogP contribution in [0.2, 0.25) is 5.02 Å². The first-order valence-electron chi connectivity index (χ1n) is 8.56. The highest BCUT2D eigenvalue weighted by atomic mass is 35.5. The van der Waals surface area contributed by atoms with Crippen molar-refractivity contribution in [2.24, 2.45) is 5.92 Å². The third-order valence-corrected chi connectivity index (χ3v) is 6.39. The Morgan fingerprint density at radius 2 is 2.08 bits per heavy atom. The van der Waals surface area contributed by atoms with E-state index in [1.165, 1.54) is 4.31 Å². The van der Waals surface area contributed by atoms with Gasteiger partial charge in [0.25, 0.3) is 0 Å². The predicted octanol–water partition coefficient (Wildman–Crippen LogP) is 2.29. The number of carbonyl (C=O) groups is 1. The van der Waals surface area contributed by atoms with E-state index in [4.69, 9.17) is 16.3 Å². The molecule has 6 nitrogen and oxygen atoms in total. The van der Waals surface area contributed by atoms with Gasteiger partial charge in [-0.05, 0) is 43.5 Å². The molecule has 25 heavy (non-hydrogen) atoms. The van der Waals surface area contributed by atoms with Crippen LogP contribution in [0.25, 0.3) is 0 Å². The number of halogens is 1. The van der Waals surface area contributed by atoms with Crippen LogP contribution in [0, 0.1) is 5.92 Å². The number of nitrogens with one attached hydrogen (secondary N) is 1. The number of hydrogen-bond donors (Lipinski definition) is 1. The molecular formula is C17H25ClN2O4S. The number of sulfonamides is 1. The van der Waals surface area contributed by atoms with E-state index in [9.17, 15) is 13.2 Å². The molecule has 1 saturated heterocycles. The molecule has 1 heterocycles. The van der Waals surface area contributed by atoms with Crippen molar-refractivity contribution >= 4 is 27.5 Å². The lowest BCUT2D eigenvalue weighted by molar-refractivity contribution is -0.126. The molecule has 1 unspecified atom stereocenters. The Bertz CT molecular complexity index is 664. The monoisotopic (exact) mass is 388 g/mol. The molecule has 1 amide bonds. The number of amides is 1. The molecule has 1 N–H and O–H groups in total. The number of rotatable bonds is 8. The maximum atomic E-state index is 12.3. The van der Waals surface area contributed by atoms with Gasteiger partial charge < -0.3 is 10.1 Å². The summed E-state index contributed by atoms with van der Waals surface area (Å²) in [7, 11) is -3.25. The molecule has 0 spiro atoms. The van der Waals surface area contributed by atoms with Gasteiger partial charge in [-0.25, -0.2) is 12.7 Å². The van der Waals surface area contributed by atoms with Crippen LogP contribution in [-0.4, -0.2) is 50.6 Å². The summed E-state index contributed by atoms with van der Waals surface area (Å²) in [5.41, 5.74) is 0. The number of nitrogens with zero attached hydrogens (tertiary/aromatic N) is 1. The number of carbonyl (C=O) groups excluding carboxylic acids is 1. The topological polar surface area (TPSA) is 75.7 Å². The zero-order chi connectivity index (χ0) is 18.3. The van der Waals surface area contributed by atoms with E-state index in [0.717, 1.165) is 0 Å². The molecule has 1 aliphatic rings. The van der Waals surface area contributed by atoms with Crippen LogP contribution in [0.1, 0.15) is 26.2 Å². The van der Waals surface area contributed by atoms with Crippen molar-refractivity contribution in [3.05, 3.63) is 29.3 Å². The number of benzene rings is 1. The molecule has 1 fully saturated rings. The summed E-state index contributed by atoms with van der Waals surface area (Å²) in [5.74, 6) is 0.413. The van der Waals surface area contributed by atoms with E-state index < -0.39 is 10.0 Å². The molecule has 1 aromatic carbocycles. The van der Waals surface area contributed by atoms with Crippen molar-refractivity contribution in [1.29, 1.82) is 0 Å². The number of ether oxygens (including phenoxy) is 1. The van der Waals surface area contributed by atoms with Crippen LogP contribution >= 0.6 is 11.6 Å². The number of piperidine rings is 1. The third kappa shape index (κ3) is 6.17. The van der Waals surface area contributed by atoms with Crippen LogP contribution in [0.4, 0.5) is 0 Å². The van der Waals surface area contributed by atoms with Gasteiger partial charge in [0.1, 0.15) is 12.4 Å². The van der Waals surface area contributed by atoms with Crippen molar-refractivity contribution in [2.45, 2.75) is 26.2 Å². The van der Waals surface area contributed by atoms with Gasteiger partial charge in [0.15, 0.2) is 0 Å². The van der Waals surface area contributed by atoms with E-state index in [0.29, 0.717) is 49.7 Å². The van der Waals surface area contributed by atoms with Gasteiger partial charge in [-0.1, -0.05) is 18.5 Å². The van der Waals surface area contributed by atoms with Gasteiger partial charge in [0.2, 0.25) is 15.9 Å². The van der Waals surface area contributed by atoms with E-state index >= 15 is 0 Å². The Morgan fingerprint density at radius 3 is 2.76 bits per heavy atom. The van der Waals surface area contributed by atoms with Crippen molar-refractivity contribution in [3.8, 4) is 5.75 Å². The standard InChI is InChI=1S/C17H25ClN2O4S/c1-2-12-25(22,23)20-10-3-4-14(13-20)17(21)19-9-11-24-16-7-5-15(18)6-8-16/h5-8,14H,2-4,9-13H2,1H3,(H,19,21). The minimum absolute atomic E-state index is 0.115. The second kappa shape index (κ2) is 9.40. The summed E-state index contributed by atoms with van der Waals surface area (Å²) >= 11 is 5.80. The van der Waals surface area contributed by atoms with E-state index in [1.54, 1.807) is 24.3 Å². The van der Waals surface area contributed by atoms with Crippen molar-refractivity contribution < 1.29 is 17.9 Å². The van der Waals surface area contributed by atoms with Crippen molar-refractivity contribution in [3.63, 3.8) is 0 Å². The molecule has 8 heteroatoms. The SMILES string of the molecule is CCCS(=O)(=O)N1CCCC(C(=O)NCCOc2ccc(Cl)cc2)C1. The van der Waals surface area contributed by atoms with Crippen molar-refractivity contribution in [2.75, 3.05) is 32.0 Å². The summed E-state index contributed by atoms with van der Waals surface area (Å²) in [6.07, 6.45) is 2.00. The Labute approximate surface area is 154 Å². The fraction of sp³-hybridized carbons (Fsp3) is 0.588. The maximum absolute atomic E-state index is 12.3. The third-order valence-electron chi connectivity index (χ3n) is 4.09. The molecule has 1 atom stereocenters. The molecular weight excluding hydrogens is 364 g/mol. The fourth-order valence-electron chi connectivity index (χ4n) is 2.81. The van der Waals surface area contributed by atoms with Crippen LogP contribution < -0.4 is 10.1 Å². The van der Waals surface area contributed by atoms with Crippen LogP contribution in [-0.2, 0) is 14.8 Å². The molecule has 140 valence electrons. The van der Waals surface area contributed by atoms with Gasteiger partial charge in [0, 0.05) is 18.1 Å². The Balaban J connectivity index is 1.75. The minimum Gasteiger partial charge on any atom is -0.492 e. The summed E-state index contributed by atoms with van der Waals surface area (Å²) in [6.45, 7) is 3.34. The lowest BCUT2D eigenvalue weighted by Crippen LogP contribution is -2.46. The lowest BCUT2D eigenvalue weighted by Gasteiger charge is -2.31. The molecule has 0 bridgehead atoms. The predicted molar refractivity (Wildman–Crippen MR) is 98.3 cm³/mol. The number of hydrogen-bond acceptors (Lipinski definition) is 4.